The van der Waals surface area contributed by atoms with Crippen molar-refractivity contribution >= 4 is 18.4 Å². The van der Waals surface area contributed by atoms with Crippen LogP contribution in [0.4, 0.5) is 0 Å². The van der Waals surface area contributed by atoms with Crippen molar-refractivity contribution in [2.45, 2.75) is 25.7 Å². The summed E-state index contributed by atoms with van der Waals surface area (Å²) in [6, 6.07) is 2.15. The van der Waals surface area contributed by atoms with E-state index in [-0.39, 0.29) is 12.4 Å². The highest BCUT2D eigenvalue weighted by Gasteiger charge is 2.08. The molecular formula is C13H29ClN4. The summed E-state index contributed by atoms with van der Waals surface area (Å²) in [5.41, 5.74) is 0. The fourth-order valence-corrected chi connectivity index (χ4v) is 1.89. The van der Waals surface area contributed by atoms with Crippen LogP contribution in [-0.4, -0.2) is 63.6 Å². The lowest BCUT2D eigenvalue weighted by Gasteiger charge is -2.17. The molecule has 0 aromatic heterocycles. The monoisotopic (exact) mass is 276 g/mol. The molecule has 0 aliphatic rings. The second-order valence-corrected chi connectivity index (χ2v) is 5.21. The van der Waals surface area contributed by atoms with Crippen LogP contribution in [0, 0.1) is 11.3 Å². The van der Waals surface area contributed by atoms with Gasteiger partial charge in [-0.2, -0.15) is 0 Å². The van der Waals surface area contributed by atoms with Crippen LogP contribution < -0.4 is 0 Å². The molecule has 0 fully saturated rings. The van der Waals surface area contributed by atoms with Crippen molar-refractivity contribution in [3.05, 3.63) is 0 Å². The Labute approximate surface area is 118 Å². The SMILES string of the molecule is CN(C)CCCC(CCCN(C)C)CN=C=N.Cl. The molecule has 0 aliphatic carbocycles. The minimum Gasteiger partial charge on any atom is -0.309 e. The van der Waals surface area contributed by atoms with Gasteiger partial charge in [0.05, 0.1) is 12.6 Å². The number of aliphatic imine (C=N–C) groups is 1. The Morgan fingerprint density at radius 2 is 1.44 bits per heavy atom. The summed E-state index contributed by atoms with van der Waals surface area (Å²) in [7, 11) is 8.43. The summed E-state index contributed by atoms with van der Waals surface area (Å²) in [6.45, 7) is 3.04. The number of rotatable bonds is 10. The van der Waals surface area contributed by atoms with Crippen molar-refractivity contribution in [2.75, 3.05) is 47.8 Å². The predicted octanol–water partition coefficient (Wildman–Crippen LogP) is 2.46. The van der Waals surface area contributed by atoms with Crippen LogP contribution in [0.3, 0.4) is 0 Å². The van der Waals surface area contributed by atoms with E-state index < -0.39 is 0 Å². The molecule has 0 saturated heterocycles. The molecule has 5 heteroatoms. The van der Waals surface area contributed by atoms with Gasteiger partial charge in [0, 0.05) is 0 Å². The second-order valence-electron chi connectivity index (χ2n) is 5.21. The summed E-state index contributed by atoms with van der Waals surface area (Å²) in [5, 5.41) is 6.85. The smallest absolute Gasteiger partial charge is 0.0862 e. The third-order valence-corrected chi connectivity index (χ3v) is 2.86. The summed E-state index contributed by atoms with van der Waals surface area (Å²) in [5.74, 6) is 0.618. The van der Waals surface area contributed by atoms with Gasteiger partial charge < -0.3 is 9.80 Å². The maximum Gasteiger partial charge on any atom is 0.0862 e. The predicted molar refractivity (Wildman–Crippen MR) is 81.3 cm³/mol. The Bertz CT molecular complexity index is 211. The van der Waals surface area contributed by atoms with Crippen LogP contribution in [0.2, 0.25) is 0 Å². The van der Waals surface area contributed by atoms with E-state index in [1.54, 1.807) is 0 Å². The third kappa shape index (κ3) is 13.7. The first-order chi connectivity index (χ1) is 8.06. The first-order valence-electron chi connectivity index (χ1n) is 6.44. The Morgan fingerprint density at radius 1 is 1.00 bits per heavy atom. The molecule has 0 aromatic carbocycles. The molecule has 0 amide bonds. The Morgan fingerprint density at radius 3 is 1.78 bits per heavy atom. The standard InChI is InChI=1S/C13H28N4.ClH/c1-16(2)9-5-7-13(11-15-12-14)8-6-10-17(3)4;/h13-14H,5-11H2,1-4H3;1H. The average Bonchev–Trinajstić information content (AvgIpc) is 2.24. The Kier molecular flexibility index (Phi) is 14.4. The van der Waals surface area contributed by atoms with Crippen LogP contribution in [0.5, 0.6) is 0 Å². The van der Waals surface area contributed by atoms with Crippen LogP contribution in [0.15, 0.2) is 4.99 Å². The Balaban J connectivity index is 0. The fraction of sp³-hybridized carbons (Fsp3) is 0.923. The molecule has 0 unspecified atom stereocenters. The van der Waals surface area contributed by atoms with Crippen LogP contribution in [0.25, 0.3) is 0 Å². The van der Waals surface area contributed by atoms with Crippen molar-refractivity contribution in [1.29, 1.82) is 5.41 Å². The van der Waals surface area contributed by atoms with Gasteiger partial charge >= 0.3 is 0 Å². The van der Waals surface area contributed by atoms with Gasteiger partial charge in [-0.05, 0) is 72.9 Å². The van der Waals surface area contributed by atoms with Crippen molar-refractivity contribution in [3.63, 3.8) is 0 Å². The molecule has 1 N–H and O–H groups in total. The molecule has 0 rings (SSSR count). The molecule has 0 bridgehead atoms. The molecule has 108 valence electrons. The maximum absolute atomic E-state index is 6.85. The molecule has 0 atom stereocenters. The minimum atomic E-state index is 0. The van der Waals surface area contributed by atoms with E-state index in [9.17, 15) is 0 Å². The van der Waals surface area contributed by atoms with Gasteiger partial charge in [-0.25, -0.2) is 10.4 Å². The lowest BCUT2D eigenvalue weighted by atomic mass is 9.97. The van der Waals surface area contributed by atoms with E-state index in [1.165, 1.54) is 25.7 Å². The average molecular weight is 277 g/mol. The van der Waals surface area contributed by atoms with Crippen molar-refractivity contribution < 1.29 is 0 Å². The summed E-state index contributed by atoms with van der Waals surface area (Å²) < 4.78 is 0. The zero-order chi connectivity index (χ0) is 13.1. The minimum absolute atomic E-state index is 0. The molecule has 0 radical (unpaired) electrons. The molecular weight excluding hydrogens is 248 g/mol. The van der Waals surface area contributed by atoms with E-state index >= 15 is 0 Å². The van der Waals surface area contributed by atoms with Gasteiger partial charge in [0.2, 0.25) is 0 Å². The van der Waals surface area contributed by atoms with Gasteiger partial charge in [0.15, 0.2) is 0 Å². The molecule has 18 heavy (non-hydrogen) atoms. The van der Waals surface area contributed by atoms with E-state index in [0.29, 0.717) is 5.92 Å². The number of halogens is 1. The van der Waals surface area contributed by atoms with Crippen molar-refractivity contribution in [3.8, 4) is 0 Å². The van der Waals surface area contributed by atoms with E-state index in [2.05, 4.69) is 49.0 Å². The van der Waals surface area contributed by atoms with Crippen molar-refractivity contribution in [2.24, 2.45) is 10.9 Å². The lowest BCUT2D eigenvalue weighted by Crippen LogP contribution is -2.17. The largest absolute Gasteiger partial charge is 0.309 e. The zero-order valence-electron chi connectivity index (χ0n) is 12.3. The van der Waals surface area contributed by atoms with Gasteiger partial charge in [-0.1, -0.05) is 0 Å². The number of hydrogen-bond acceptors (Lipinski definition) is 4. The van der Waals surface area contributed by atoms with Crippen LogP contribution >= 0.6 is 12.4 Å². The summed E-state index contributed by atoms with van der Waals surface area (Å²) >= 11 is 0. The Hall–Kier alpha value is -0.410. The summed E-state index contributed by atoms with van der Waals surface area (Å²) in [4.78, 5) is 8.40. The lowest BCUT2D eigenvalue weighted by molar-refractivity contribution is 0.335. The quantitative estimate of drug-likeness (QED) is 0.623. The molecule has 0 saturated carbocycles. The van der Waals surface area contributed by atoms with Gasteiger partial charge in [0.1, 0.15) is 0 Å². The van der Waals surface area contributed by atoms with E-state index in [0.717, 1.165) is 19.6 Å². The first-order valence-corrected chi connectivity index (χ1v) is 6.44. The first kappa shape index (κ1) is 19.9. The molecule has 4 nitrogen and oxygen atoms in total. The second kappa shape index (κ2) is 13.0. The maximum atomic E-state index is 6.85. The van der Waals surface area contributed by atoms with E-state index in [4.69, 9.17) is 5.41 Å². The van der Waals surface area contributed by atoms with Crippen molar-refractivity contribution in [1.82, 2.24) is 9.80 Å². The topological polar surface area (TPSA) is 42.7 Å². The fourth-order valence-electron chi connectivity index (χ4n) is 1.89. The zero-order valence-corrected chi connectivity index (χ0v) is 13.1. The number of hydrogen-bond donors (Lipinski definition) is 1. The molecule has 0 aromatic rings. The highest BCUT2D eigenvalue weighted by Crippen LogP contribution is 2.14. The normalized spacial score (nSPS) is 10.6. The summed E-state index contributed by atoms with van der Waals surface area (Å²) in [6.07, 6.45) is 4.84. The molecule has 0 spiro atoms. The van der Waals surface area contributed by atoms with Gasteiger partial charge in [-0.3, -0.25) is 0 Å². The number of nitrogens with one attached hydrogen (secondary N) is 1. The van der Waals surface area contributed by atoms with Crippen LogP contribution in [0.1, 0.15) is 25.7 Å². The molecule has 0 aliphatic heterocycles. The highest BCUT2D eigenvalue weighted by atomic mass is 35.5. The van der Waals surface area contributed by atoms with Crippen LogP contribution in [-0.2, 0) is 0 Å². The van der Waals surface area contributed by atoms with Gasteiger partial charge in [0.25, 0.3) is 0 Å². The number of nitrogens with zero attached hydrogens (tertiary/aromatic N) is 3. The van der Waals surface area contributed by atoms with Gasteiger partial charge in [-0.15, -0.1) is 12.4 Å². The molecule has 0 heterocycles. The van der Waals surface area contributed by atoms with E-state index in [1.807, 2.05) is 0 Å². The third-order valence-electron chi connectivity index (χ3n) is 2.86. The highest BCUT2D eigenvalue weighted by molar-refractivity contribution is 5.85.